The number of nitrogens with zero attached hydrogens (tertiary/aromatic N) is 4. The Morgan fingerprint density at radius 1 is 0.755 bits per heavy atom. The number of amides is 2. The quantitative estimate of drug-likeness (QED) is 0.169. The molecule has 2 amide bonds. The zero-order valence-corrected chi connectivity index (χ0v) is 29.3. The molecule has 254 valence electrons. The van der Waals surface area contributed by atoms with Gasteiger partial charge in [0.15, 0.2) is 0 Å². The van der Waals surface area contributed by atoms with E-state index in [1.165, 1.54) is 0 Å². The van der Waals surface area contributed by atoms with Crippen LogP contribution in [0.15, 0.2) is 72.6 Å². The van der Waals surface area contributed by atoms with Crippen LogP contribution >= 0.6 is 0 Å². The minimum absolute atomic E-state index is 0.126. The third kappa shape index (κ3) is 8.06. The molecule has 2 atom stereocenters. The lowest BCUT2D eigenvalue weighted by Gasteiger charge is -2.27. The number of hydrogen-bond acceptors (Lipinski definition) is 6. The highest BCUT2D eigenvalue weighted by molar-refractivity contribution is 5.71. The lowest BCUT2D eigenvalue weighted by atomic mass is 10.1. The van der Waals surface area contributed by atoms with Gasteiger partial charge < -0.3 is 19.4 Å². The number of carbonyl (C=O) groups excluding carboxylic acids is 2. The van der Waals surface area contributed by atoms with Gasteiger partial charge in [0.2, 0.25) is 0 Å². The third-order valence-electron chi connectivity index (χ3n) is 8.24. The van der Waals surface area contributed by atoms with Gasteiger partial charge in [-0.15, -0.1) is 0 Å². The van der Waals surface area contributed by atoms with Gasteiger partial charge in [-0.1, -0.05) is 47.8 Å². The van der Waals surface area contributed by atoms with E-state index in [0.717, 1.165) is 57.9 Å². The molecule has 1 unspecified atom stereocenters. The molecule has 1 saturated heterocycles. The molecule has 0 radical (unpaired) electrons. The predicted octanol–water partition coefficient (Wildman–Crippen LogP) is 8.18. The molecule has 0 aliphatic carbocycles. The van der Waals surface area contributed by atoms with E-state index in [1.807, 2.05) is 109 Å². The molecule has 2 aromatic heterocycles. The van der Waals surface area contributed by atoms with Gasteiger partial charge in [0.1, 0.15) is 28.9 Å². The summed E-state index contributed by atoms with van der Waals surface area (Å²) in [6, 6.07) is 15.6. The van der Waals surface area contributed by atoms with Gasteiger partial charge >= 0.3 is 12.2 Å². The molecule has 2 aliphatic rings. The first kappa shape index (κ1) is 33.6. The summed E-state index contributed by atoms with van der Waals surface area (Å²) in [5, 5.41) is 0. The van der Waals surface area contributed by atoms with E-state index in [9.17, 15) is 9.59 Å². The van der Waals surface area contributed by atoms with E-state index in [2.05, 4.69) is 31.8 Å². The number of rotatable bonds is 4. The molecule has 2 aromatic carbocycles. The standard InChI is InChI=1S/C39H44N6O4/c1-25-21-33(45(24-25)37(47)49-39(5,6)7)35-41-23-31(43-35)29-18-14-27(15-19-29)11-10-26-12-16-28(17-13-26)30-22-40-34(42-30)32-9-8-20-44(32)36(46)48-38(2,3)4/h12-19,21-23,32-33H,8-9,20,24H2,1-7H3,(H,40,42)(H,41,43)/t32-,33?/m0/s1. The minimum atomic E-state index is -0.574. The molecule has 0 bridgehead atoms. The van der Waals surface area contributed by atoms with Gasteiger partial charge in [-0.3, -0.25) is 9.80 Å². The summed E-state index contributed by atoms with van der Waals surface area (Å²) < 4.78 is 11.2. The molecule has 6 rings (SSSR count). The van der Waals surface area contributed by atoms with Crippen LogP contribution in [0.3, 0.4) is 0 Å². The van der Waals surface area contributed by atoms with E-state index in [1.54, 1.807) is 16.0 Å². The van der Waals surface area contributed by atoms with E-state index in [4.69, 9.17) is 9.47 Å². The monoisotopic (exact) mass is 660 g/mol. The predicted molar refractivity (Wildman–Crippen MR) is 188 cm³/mol. The van der Waals surface area contributed by atoms with Crippen LogP contribution in [0.25, 0.3) is 22.5 Å². The Hall–Kier alpha value is -5.30. The highest BCUT2D eigenvalue weighted by Gasteiger charge is 2.35. The molecule has 4 heterocycles. The van der Waals surface area contributed by atoms with Crippen molar-refractivity contribution >= 4 is 12.2 Å². The molecular formula is C39H44N6O4. The Morgan fingerprint density at radius 2 is 1.24 bits per heavy atom. The highest BCUT2D eigenvalue weighted by Crippen LogP contribution is 2.34. The number of benzene rings is 2. The second-order valence-electron chi connectivity index (χ2n) is 14.7. The van der Waals surface area contributed by atoms with Crippen LogP contribution in [-0.4, -0.2) is 66.2 Å². The van der Waals surface area contributed by atoms with Crippen molar-refractivity contribution < 1.29 is 19.1 Å². The number of hydrogen-bond donors (Lipinski definition) is 2. The Morgan fingerprint density at radius 3 is 1.78 bits per heavy atom. The summed E-state index contributed by atoms with van der Waals surface area (Å²) in [6.45, 7) is 14.4. The second-order valence-corrected chi connectivity index (χ2v) is 14.7. The van der Waals surface area contributed by atoms with Crippen molar-refractivity contribution in [2.75, 3.05) is 13.1 Å². The van der Waals surface area contributed by atoms with E-state index in [-0.39, 0.29) is 24.3 Å². The maximum Gasteiger partial charge on any atom is 0.411 e. The summed E-state index contributed by atoms with van der Waals surface area (Å²) in [4.78, 5) is 45.1. The van der Waals surface area contributed by atoms with Crippen LogP contribution in [0.2, 0.25) is 0 Å². The van der Waals surface area contributed by atoms with Crippen molar-refractivity contribution in [3.63, 3.8) is 0 Å². The Labute approximate surface area is 287 Å². The molecule has 1 fully saturated rings. The maximum atomic E-state index is 12.9. The van der Waals surface area contributed by atoms with Gasteiger partial charge in [-0.2, -0.15) is 0 Å². The summed E-state index contributed by atoms with van der Waals surface area (Å²) in [5.41, 5.74) is 5.48. The fourth-order valence-electron chi connectivity index (χ4n) is 5.99. The lowest BCUT2D eigenvalue weighted by Crippen LogP contribution is -2.37. The van der Waals surface area contributed by atoms with E-state index < -0.39 is 11.2 Å². The van der Waals surface area contributed by atoms with Crippen LogP contribution in [0.1, 0.15) is 96.2 Å². The van der Waals surface area contributed by atoms with Gasteiger partial charge in [-0.25, -0.2) is 19.6 Å². The number of aromatic nitrogens is 4. The molecule has 10 heteroatoms. The first-order valence-electron chi connectivity index (χ1n) is 16.7. The van der Waals surface area contributed by atoms with Crippen LogP contribution in [0, 0.1) is 11.8 Å². The number of imidazole rings is 2. The lowest BCUT2D eigenvalue weighted by molar-refractivity contribution is 0.0213. The molecule has 2 N–H and O–H groups in total. The van der Waals surface area contributed by atoms with Crippen molar-refractivity contribution in [1.82, 2.24) is 29.7 Å². The second kappa shape index (κ2) is 13.3. The average Bonchev–Trinajstić information content (AvgIpc) is 3.85. The zero-order chi connectivity index (χ0) is 34.9. The minimum Gasteiger partial charge on any atom is -0.444 e. The number of H-pyrrole nitrogens is 2. The highest BCUT2D eigenvalue weighted by atomic mass is 16.6. The topological polar surface area (TPSA) is 116 Å². The summed E-state index contributed by atoms with van der Waals surface area (Å²) in [6.07, 6.45) is 6.74. The summed E-state index contributed by atoms with van der Waals surface area (Å²) in [5.74, 6) is 7.97. The Bertz CT molecular complexity index is 1910. The smallest absolute Gasteiger partial charge is 0.411 e. The number of carbonyl (C=O) groups is 2. The van der Waals surface area contributed by atoms with Crippen molar-refractivity contribution in [2.45, 2.75) is 84.6 Å². The third-order valence-corrected chi connectivity index (χ3v) is 8.24. The zero-order valence-electron chi connectivity index (χ0n) is 29.3. The summed E-state index contributed by atoms with van der Waals surface area (Å²) in [7, 11) is 0. The van der Waals surface area contributed by atoms with Crippen molar-refractivity contribution in [2.24, 2.45) is 0 Å². The van der Waals surface area contributed by atoms with Crippen LogP contribution in [0.4, 0.5) is 9.59 Å². The van der Waals surface area contributed by atoms with Crippen molar-refractivity contribution in [3.05, 3.63) is 95.3 Å². The molecule has 2 aliphatic heterocycles. The van der Waals surface area contributed by atoms with Gasteiger partial charge in [0, 0.05) is 24.2 Å². The molecular weight excluding hydrogens is 616 g/mol. The van der Waals surface area contributed by atoms with Crippen LogP contribution < -0.4 is 0 Å². The fraction of sp³-hybridized carbons (Fsp3) is 0.385. The average molecular weight is 661 g/mol. The largest absolute Gasteiger partial charge is 0.444 e. The first-order valence-corrected chi connectivity index (χ1v) is 16.7. The molecule has 10 nitrogen and oxygen atoms in total. The maximum absolute atomic E-state index is 12.9. The Balaban J connectivity index is 1.09. The number of ether oxygens (including phenoxy) is 2. The van der Waals surface area contributed by atoms with Crippen molar-refractivity contribution in [1.29, 1.82) is 0 Å². The molecule has 0 spiro atoms. The Kier molecular flexibility index (Phi) is 9.12. The molecule has 49 heavy (non-hydrogen) atoms. The fourth-order valence-corrected chi connectivity index (χ4v) is 5.99. The van der Waals surface area contributed by atoms with Crippen LogP contribution in [-0.2, 0) is 9.47 Å². The van der Waals surface area contributed by atoms with E-state index >= 15 is 0 Å². The first-order chi connectivity index (χ1) is 23.2. The number of nitrogens with one attached hydrogen (secondary N) is 2. The van der Waals surface area contributed by atoms with Crippen LogP contribution in [0.5, 0.6) is 0 Å². The van der Waals surface area contributed by atoms with Gasteiger partial charge in [0.25, 0.3) is 0 Å². The van der Waals surface area contributed by atoms with Crippen molar-refractivity contribution in [3.8, 4) is 34.4 Å². The number of aromatic amines is 2. The molecule has 0 saturated carbocycles. The van der Waals surface area contributed by atoms with E-state index in [0.29, 0.717) is 18.9 Å². The van der Waals surface area contributed by atoms with Gasteiger partial charge in [-0.05, 0) is 96.7 Å². The SMILES string of the molecule is CC1=CC(c2ncc(-c3ccc(C#Cc4ccc(-c5cnc([C@@H]6CCCN6C(=O)OC(C)(C)C)[nH]5)cc4)cc3)[nH]2)N(C(=O)OC(C)(C)C)C1. The normalized spacial score (nSPS) is 17.8. The number of likely N-dealkylation sites (tertiary alicyclic amines) is 1. The summed E-state index contributed by atoms with van der Waals surface area (Å²) >= 11 is 0. The van der Waals surface area contributed by atoms with Gasteiger partial charge in [0.05, 0.1) is 29.8 Å². The molecule has 4 aromatic rings.